The number of ether oxygens (including phenoxy) is 5. The molecule has 0 aromatic heterocycles. The fourth-order valence-corrected chi connectivity index (χ4v) is 4.02. The molecule has 12 heteroatoms. The molecule has 0 unspecified atom stereocenters. The zero-order chi connectivity index (χ0) is 26.7. The number of hydrogen-bond donors (Lipinski definition) is 3. The highest BCUT2D eigenvalue weighted by Gasteiger charge is 2.19. The van der Waals surface area contributed by atoms with Gasteiger partial charge in [0.25, 0.3) is 10.0 Å². The zero-order valence-corrected chi connectivity index (χ0v) is 21.6. The first kappa shape index (κ1) is 28.8. The van der Waals surface area contributed by atoms with Gasteiger partial charge in [0.15, 0.2) is 11.5 Å². The van der Waals surface area contributed by atoms with Gasteiger partial charge in [0.05, 0.1) is 45.1 Å². The molecule has 198 valence electrons. The molecule has 0 bridgehead atoms. The Morgan fingerprint density at radius 3 is 2.14 bits per heavy atom. The van der Waals surface area contributed by atoms with Crippen LogP contribution in [0.2, 0.25) is 0 Å². The Morgan fingerprint density at radius 2 is 1.58 bits per heavy atom. The van der Waals surface area contributed by atoms with E-state index >= 15 is 0 Å². The smallest absolute Gasteiger partial charge is 0.328 e. The Kier molecular flexibility index (Phi) is 10.8. The molecule has 0 fully saturated rings. The molecule has 0 aliphatic carbocycles. The number of hydrogen-bond acceptors (Lipinski definition) is 10. The Balaban J connectivity index is 2.24. The molecule has 0 amide bonds. The standard InChI is InChI=1S/C24H33N3O8S/c1-31-17-14-21(33-3)18(22(15-17)34-4)10-12-36(29,30)27-16-8-9-20(32-2)23(13-16)35-24(28)19(26)7-5-6-11-25/h8-10,12-15,19,27H,5-7,11,25-26H2,1-4H3/t19-/m1/s1. The molecule has 0 aliphatic heterocycles. The van der Waals surface area contributed by atoms with Gasteiger partial charge >= 0.3 is 5.97 Å². The fourth-order valence-electron chi connectivity index (χ4n) is 3.18. The lowest BCUT2D eigenvalue weighted by Crippen LogP contribution is -2.34. The Bertz CT molecular complexity index is 1140. The highest BCUT2D eigenvalue weighted by atomic mass is 32.2. The third-order valence-electron chi connectivity index (χ3n) is 5.07. The normalized spacial score (nSPS) is 12.2. The highest BCUT2D eigenvalue weighted by molar-refractivity contribution is 7.95. The van der Waals surface area contributed by atoms with E-state index in [9.17, 15) is 13.2 Å². The van der Waals surface area contributed by atoms with Gasteiger partial charge in [-0.3, -0.25) is 4.72 Å². The molecule has 2 rings (SSSR count). The van der Waals surface area contributed by atoms with Crippen molar-refractivity contribution in [3.8, 4) is 28.7 Å². The largest absolute Gasteiger partial charge is 0.496 e. The number of carbonyl (C=O) groups is 1. The summed E-state index contributed by atoms with van der Waals surface area (Å²) in [5.74, 6) is 0.812. The molecular weight excluding hydrogens is 490 g/mol. The molecule has 2 aromatic rings. The van der Waals surface area contributed by atoms with Crippen molar-refractivity contribution in [3.63, 3.8) is 0 Å². The van der Waals surface area contributed by atoms with Crippen LogP contribution >= 0.6 is 0 Å². The van der Waals surface area contributed by atoms with E-state index < -0.39 is 22.0 Å². The van der Waals surface area contributed by atoms with Crippen molar-refractivity contribution in [2.75, 3.05) is 39.7 Å². The second-order valence-corrected chi connectivity index (χ2v) is 9.14. The molecule has 0 spiro atoms. The first-order valence-corrected chi connectivity index (χ1v) is 12.6. The summed E-state index contributed by atoms with van der Waals surface area (Å²) in [6.45, 7) is 0.504. The molecule has 0 heterocycles. The van der Waals surface area contributed by atoms with Crippen LogP contribution in [0.5, 0.6) is 28.7 Å². The molecule has 0 aliphatic rings. The highest BCUT2D eigenvalue weighted by Crippen LogP contribution is 2.35. The summed E-state index contributed by atoms with van der Waals surface area (Å²) in [4.78, 5) is 12.4. The van der Waals surface area contributed by atoms with Crippen molar-refractivity contribution in [1.29, 1.82) is 0 Å². The minimum Gasteiger partial charge on any atom is -0.496 e. The summed E-state index contributed by atoms with van der Waals surface area (Å²) in [6.07, 6.45) is 3.17. The van der Waals surface area contributed by atoms with Gasteiger partial charge in [-0.15, -0.1) is 0 Å². The quantitative estimate of drug-likeness (QED) is 0.191. The molecule has 36 heavy (non-hydrogen) atoms. The van der Waals surface area contributed by atoms with Crippen LogP contribution in [-0.4, -0.2) is 55.4 Å². The molecule has 5 N–H and O–H groups in total. The Labute approximate surface area is 211 Å². The van der Waals surface area contributed by atoms with Crippen molar-refractivity contribution < 1.29 is 36.9 Å². The van der Waals surface area contributed by atoms with Crippen LogP contribution in [0.3, 0.4) is 0 Å². The second kappa shape index (κ2) is 13.6. The molecule has 0 saturated carbocycles. The third kappa shape index (κ3) is 8.04. The number of nitrogens with two attached hydrogens (primary N) is 2. The number of unbranched alkanes of at least 4 members (excludes halogenated alkanes) is 1. The maximum atomic E-state index is 12.8. The van der Waals surface area contributed by atoms with Crippen LogP contribution in [0.4, 0.5) is 5.69 Å². The maximum Gasteiger partial charge on any atom is 0.328 e. The predicted octanol–water partition coefficient (Wildman–Crippen LogP) is 2.50. The summed E-state index contributed by atoms with van der Waals surface area (Å²) in [7, 11) is 1.80. The average molecular weight is 524 g/mol. The van der Waals surface area contributed by atoms with Crippen molar-refractivity contribution in [2.24, 2.45) is 11.5 Å². The first-order chi connectivity index (χ1) is 17.2. The first-order valence-electron chi connectivity index (χ1n) is 11.0. The van der Waals surface area contributed by atoms with Crippen LogP contribution in [0.25, 0.3) is 6.08 Å². The fraction of sp³-hybridized carbons (Fsp3) is 0.375. The summed E-state index contributed by atoms with van der Waals surface area (Å²) >= 11 is 0. The van der Waals surface area contributed by atoms with E-state index in [1.165, 1.54) is 52.7 Å². The van der Waals surface area contributed by atoms with E-state index in [2.05, 4.69) is 4.72 Å². The second-order valence-electron chi connectivity index (χ2n) is 7.57. The van der Waals surface area contributed by atoms with Crippen molar-refractivity contribution in [2.45, 2.75) is 25.3 Å². The lowest BCUT2D eigenvalue weighted by atomic mass is 10.1. The van der Waals surface area contributed by atoms with Gasteiger partial charge in [-0.2, -0.15) is 0 Å². The minimum atomic E-state index is -3.99. The summed E-state index contributed by atoms with van der Waals surface area (Å²) in [6, 6.07) is 6.64. The van der Waals surface area contributed by atoms with Gasteiger partial charge in [-0.1, -0.05) is 6.42 Å². The third-order valence-corrected chi connectivity index (χ3v) is 6.09. The van der Waals surface area contributed by atoms with Crippen LogP contribution in [0.1, 0.15) is 24.8 Å². The monoisotopic (exact) mass is 523 g/mol. The van der Waals surface area contributed by atoms with E-state index in [-0.39, 0.29) is 17.2 Å². The number of benzene rings is 2. The lowest BCUT2D eigenvalue weighted by molar-refractivity contribution is -0.136. The van der Waals surface area contributed by atoms with Gasteiger partial charge in [0.1, 0.15) is 23.3 Å². The van der Waals surface area contributed by atoms with E-state index in [0.29, 0.717) is 42.2 Å². The number of methoxy groups -OCH3 is 4. The van der Waals surface area contributed by atoms with Gasteiger partial charge in [0, 0.05) is 18.2 Å². The van der Waals surface area contributed by atoms with E-state index in [0.717, 1.165) is 11.8 Å². The Hall–Kier alpha value is -3.48. The van der Waals surface area contributed by atoms with Gasteiger partial charge in [0.2, 0.25) is 0 Å². The van der Waals surface area contributed by atoms with Gasteiger partial charge in [-0.25, -0.2) is 13.2 Å². The molecule has 11 nitrogen and oxygen atoms in total. The number of esters is 1. The number of rotatable bonds is 14. The topological polar surface area (TPSA) is 161 Å². The van der Waals surface area contributed by atoms with Crippen molar-refractivity contribution in [1.82, 2.24) is 0 Å². The zero-order valence-electron chi connectivity index (χ0n) is 20.8. The molecule has 2 aromatic carbocycles. The van der Waals surface area contributed by atoms with Crippen LogP contribution < -0.4 is 39.9 Å². The van der Waals surface area contributed by atoms with E-state index in [4.69, 9.17) is 35.2 Å². The van der Waals surface area contributed by atoms with Crippen molar-refractivity contribution in [3.05, 3.63) is 41.3 Å². The number of carbonyl (C=O) groups excluding carboxylic acids is 1. The number of nitrogens with one attached hydrogen (secondary N) is 1. The van der Waals surface area contributed by atoms with E-state index in [1.54, 1.807) is 12.1 Å². The number of sulfonamides is 1. The average Bonchev–Trinajstić information content (AvgIpc) is 2.86. The van der Waals surface area contributed by atoms with E-state index in [1.807, 2.05) is 0 Å². The SMILES string of the molecule is COc1cc(OC)c(C=CS(=O)(=O)Nc2ccc(OC)c(OC(=O)[C@H](N)CCCCN)c2)c(OC)c1. The minimum absolute atomic E-state index is 0.0273. The van der Waals surface area contributed by atoms with Crippen LogP contribution in [0.15, 0.2) is 35.7 Å². The number of anilines is 1. The Morgan fingerprint density at radius 1 is 0.944 bits per heavy atom. The summed E-state index contributed by atoms with van der Waals surface area (Å²) in [5, 5.41) is 0.961. The molecule has 0 radical (unpaired) electrons. The summed E-state index contributed by atoms with van der Waals surface area (Å²) in [5.41, 5.74) is 11.9. The maximum absolute atomic E-state index is 12.8. The molecular formula is C24H33N3O8S. The van der Waals surface area contributed by atoms with Crippen LogP contribution in [-0.2, 0) is 14.8 Å². The molecule has 1 atom stereocenters. The van der Waals surface area contributed by atoms with Gasteiger partial charge < -0.3 is 35.2 Å². The molecule has 0 saturated heterocycles. The predicted molar refractivity (Wildman–Crippen MR) is 137 cm³/mol. The summed E-state index contributed by atoms with van der Waals surface area (Å²) < 4.78 is 54.4. The van der Waals surface area contributed by atoms with Crippen LogP contribution in [0, 0.1) is 0 Å². The van der Waals surface area contributed by atoms with Crippen molar-refractivity contribution >= 4 is 27.8 Å². The lowest BCUT2D eigenvalue weighted by Gasteiger charge is -2.15. The van der Waals surface area contributed by atoms with Gasteiger partial charge in [-0.05, 0) is 37.6 Å².